The van der Waals surface area contributed by atoms with Crippen LogP contribution in [0.15, 0.2) is 54.6 Å². The molecule has 3 N–H and O–H groups in total. The van der Waals surface area contributed by atoms with Gasteiger partial charge in [0.1, 0.15) is 5.75 Å². The third kappa shape index (κ3) is 2.26. The van der Waals surface area contributed by atoms with Crippen LogP contribution in [0.5, 0.6) is 5.75 Å². The molecule has 3 aromatic carbocycles. The van der Waals surface area contributed by atoms with Crippen molar-refractivity contribution in [2.45, 2.75) is 0 Å². The molecule has 3 heteroatoms. The number of phenols is 1. The Balaban J connectivity index is 2.24. The molecule has 0 aliphatic carbocycles. The second-order valence-corrected chi connectivity index (χ2v) is 5.69. The molecule has 0 atom stereocenters. The maximum atomic E-state index is 9.98. The van der Waals surface area contributed by atoms with E-state index in [0.717, 1.165) is 10.9 Å². The van der Waals surface area contributed by atoms with E-state index in [1.165, 1.54) is 8.96 Å². The van der Waals surface area contributed by atoms with Crippen LogP contribution in [0, 0.1) is 3.57 Å². The highest BCUT2D eigenvalue weighted by Gasteiger charge is 2.08. The maximum absolute atomic E-state index is 9.98. The fourth-order valence-electron chi connectivity index (χ4n) is 2.24. The lowest BCUT2D eigenvalue weighted by atomic mass is 9.99. The minimum atomic E-state index is 0.213. The first-order chi connectivity index (χ1) is 9.15. The molecule has 0 radical (unpaired) electrons. The molecular weight excluding hydrogens is 349 g/mol. The van der Waals surface area contributed by atoms with Gasteiger partial charge in [-0.15, -0.1) is 0 Å². The molecule has 0 saturated heterocycles. The Hall–Kier alpha value is -1.75. The van der Waals surface area contributed by atoms with Crippen molar-refractivity contribution in [2.75, 3.05) is 5.73 Å². The van der Waals surface area contributed by atoms with Crippen molar-refractivity contribution in [2.24, 2.45) is 0 Å². The zero-order chi connectivity index (χ0) is 13.4. The minimum Gasteiger partial charge on any atom is -0.507 e. The standard InChI is InChI=1S/C16H12INO/c17-13-7-6-10-8-12(5-4-11(10)9-13)16-14(18)2-1-3-15(16)19/h1-9,19H,18H2. The Morgan fingerprint density at radius 1 is 0.895 bits per heavy atom. The molecular formula is C16H12INO. The van der Waals surface area contributed by atoms with Gasteiger partial charge in [0.2, 0.25) is 0 Å². The number of hydrogen-bond donors (Lipinski definition) is 2. The number of nitrogens with two attached hydrogens (primary N) is 1. The molecule has 0 amide bonds. The summed E-state index contributed by atoms with van der Waals surface area (Å²) < 4.78 is 1.21. The molecule has 0 aliphatic heterocycles. The molecule has 3 rings (SSSR count). The van der Waals surface area contributed by atoms with Crippen LogP contribution in [-0.4, -0.2) is 5.11 Å². The summed E-state index contributed by atoms with van der Waals surface area (Å²) in [7, 11) is 0. The summed E-state index contributed by atoms with van der Waals surface area (Å²) in [5, 5.41) is 12.3. The van der Waals surface area contributed by atoms with E-state index in [9.17, 15) is 5.11 Å². The van der Waals surface area contributed by atoms with Crippen LogP contribution >= 0.6 is 22.6 Å². The molecule has 94 valence electrons. The molecule has 0 saturated carbocycles. The minimum absolute atomic E-state index is 0.213. The highest BCUT2D eigenvalue weighted by atomic mass is 127. The van der Waals surface area contributed by atoms with Gasteiger partial charge in [-0.1, -0.05) is 24.3 Å². The Morgan fingerprint density at radius 3 is 2.42 bits per heavy atom. The fraction of sp³-hybridized carbons (Fsp3) is 0. The number of nitrogen functional groups attached to an aromatic ring is 1. The number of rotatable bonds is 1. The lowest BCUT2D eigenvalue weighted by Crippen LogP contribution is -1.90. The third-order valence-corrected chi connectivity index (χ3v) is 3.84. The molecule has 0 unspecified atom stereocenters. The quantitative estimate of drug-likeness (QED) is 0.499. The number of halogens is 1. The smallest absolute Gasteiger partial charge is 0.125 e. The number of benzene rings is 3. The van der Waals surface area contributed by atoms with Crippen molar-refractivity contribution in [3.63, 3.8) is 0 Å². The Labute approximate surface area is 125 Å². The summed E-state index contributed by atoms with van der Waals surface area (Å²) in [6.07, 6.45) is 0. The molecule has 0 aliphatic rings. The predicted octanol–water partition coefficient (Wildman–Crippen LogP) is 4.40. The Bertz CT molecular complexity index is 748. The van der Waals surface area contributed by atoms with Crippen LogP contribution in [0.3, 0.4) is 0 Å². The zero-order valence-corrected chi connectivity index (χ0v) is 12.3. The van der Waals surface area contributed by atoms with Gasteiger partial charge in [0.25, 0.3) is 0 Å². The van der Waals surface area contributed by atoms with Gasteiger partial charge in [-0.25, -0.2) is 0 Å². The molecule has 0 fully saturated rings. The van der Waals surface area contributed by atoms with Crippen molar-refractivity contribution in [3.05, 3.63) is 58.2 Å². The number of aromatic hydroxyl groups is 1. The first kappa shape index (κ1) is 12.3. The van der Waals surface area contributed by atoms with Crippen molar-refractivity contribution in [3.8, 4) is 16.9 Å². The van der Waals surface area contributed by atoms with Gasteiger partial charge in [-0.05, 0) is 69.3 Å². The first-order valence-corrected chi connectivity index (χ1v) is 7.00. The van der Waals surface area contributed by atoms with Crippen molar-refractivity contribution in [1.82, 2.24) is 0 Å². The van der Waals surface area contributed by atoms with Crippen LogP contribution in [0.2, 0.25) is 0 Å². The molecule has 0 aromatic heterocycles. The lowest BCUT2D eigenvalue weighted by molar-refractivity contribution is 0.477. The van der Waals surface area contributed by atoms with Gasteiger partial charge in [0.15, 0.2) is 0 Å². The topological polar surface area (TPSA) is 46.2 Å². The van der Waals surface area contributed by atoms with Crippen LogP contribution < -0.4 is 5.73 Å². The van der Waals surface area contributed by atoms with Crippen LogP contribution in [0.1, 0.15) is 0 Å². The average Bonchev–Trinajstić information content (AvgIpc) is 2.38. The Kier molecular flexibility index (Phi) is 3.06. The summed E-state index contributed by atoms with van der Waals surface area (Å²) in [5.41, 5.74) is 8.18. The van der Waals surface area contributed by atoms with Gasteiger partial charge in [0.05, 0.1) is 0 Å². The van der Waals surface area contributed by atoms with Crippen LogP contribution in [-0.2, 0) is 0 Å². The predicted molar refractivity (Wildman–Crippen MR) is 88.2 cm³/mol. The summed E-state index contributed by atoms with van der Waals surface area (Å²) in [6.45, 7) is 0. The van der Waals surface area contributed by atoms with Crippen molar-refractivity contribution in [1.29, 1.82) is 0 Å². The first-order valence-electron chi connectivity index (χ1n) is 5.92. The van der Waals surface area contributed by atoms with E-state index < -0.39 is 0 Å². The van der Waals surface area contributed by atoms with E-state index in [4.69, 9.17) is 5.73 Å². The van der Waals surface area contributed by atoms with E-state index in [1.807, 2.05) is 6.07 Å². The highest BCUT2D eigenvalue weighted by molar-refractivity contribution is 14.1. The number of fused-ring (bicyclic) bond motifs is 1. The number of anilines is 1. The number of hydrogen-bond acceptors (Lipinski definition) is 2. The molecule has 2 nitrogen and oxygen atoms in total. The van der Waals surface area contributed by atoms with Crippen molar-refractivity contribution >= 4 is 39.1 Å². The molecule has 3 aromatic rings. The average molecular weight is 361 g/mol. The summed E-state index contributed by atoms with van der Waals surface area (Å²) in [6, 6.07) is 17.6. The van der Waals surface area contributed by atoms with Gasteiger partial charge < -0.3 is 10.8 Å². The van der Waals surface area contributed by atoms with E-state index in [1.54, 1.807) is 18.2 Å². The third-order valence-electron chi connectivity index (χ3n) is 3.17. The highest BCUT2D eigenvalue weighted by Crippen LogP contribution is 2.35. The van der Waals surface area contributed by atoms with Crippen LogP contribution in [0.25, 0.3) is 21.9 Å². The molecule has 19 heavy (non-hydrogen) atoms. The summed E-state index contributed by atoms with van der Waals surface area (Å²) in [5.74, 6) is 0.213. The summed E-state index contributed by atoms with van der Waals surface area (Å²) >= 11 is 2.30. The van der Waals surface area contributed by atoms with E-state index in [-0.39, 0.29) is 5.75 Å². The lowest BCUT2D eigenvalue weighted by Gasteiger charge is -2.09. The normalized spacial score (nSPS) is 10.8. The largest absolute Gasteiger partial charge is 0.507 e. The van der Waals surface area contributed by atoms with Gasteiger partial charge in [-0.3, -0.25) is 0 Å². The second-order valence-electron chi connectivity index (χ2n) is 4.45. The maximum Gasteiger partial charge on any atom is 0.125 e. The van der Waals surface area contributed by atoms with Crippen LogP contribution in [0.4, 0.5) is 5.69 Å². The monoisotopic (exact) mass is 361 g/mol. The fourth-order valence-corrected chi connectivity index (χ4v) is 2.76. The van der Waals surface area contributed by atoms with Crippen molar-refractivity contribution < 1.29 is 5.11 Å². The van der Waals surface area contributed by atoms with Gasteiger partial charge in [-0.2, -0.15) is 0 Å². The van der Waals surface area contributed by atoms with Gasteiger partial charge in [0, 0.05) is 14.8 Å². The van der Waals surface area contributed by atoms with E-state index in [0.29, 0.717) is 11.3 Å². The second kappa shape index (κ2) is 4.74. The molecule has 0 spiro atoms. The molecule has 0 bridgehead atoms. The molecule has 0 heterocycles. The van der Waals surface area contributed by atoms with Gasteiger partial charge >= 0.3 is 0 Å². The summed E-state index contributed by atoms with van der Waals surface area (Å²) in [4.78, 5) is 0. The van der Waals surface area contributed by atoms with E-state index in [2.05, 4.69) is 52.9 Å². The SMILES string of the molecule is Nc1cccc(O)c1-c1ccc2cc(I)ccc2c1. The zero-order valence-electron chi connectivity index (χ0n) is 10.1. The van der Waals surface area contributed by atoms with E-state index >= 15 is 0 Å². The Morgan fingerprint density at radius 2 is 1.63 bits per heavy atom. The number of phenolic OH excluding ortho intramolecular Hbond substituents is 1.